The summed E-state index contributed by atoms with van der Waals surface area (Å²) in [5.41, 5.74) is 0.679. The largest absolute Gasteiger partial charge is 0.355 e. The Labute approximate surface area is 123 Å². The summed E-state index contributed by atoms with van der Waals surface area (Å²) in [7, 11) is 1.84. The Balaban J connectivity index is 0.00000324. The molecule has 0 aromatic carbocycles. The molecule has 0 aliphatic rings. The van der Waals surface area contributed by atoms with E-state index in [0.717, 1.165) is 6.54 Å². The fourth-order valence-corrected chi connectivity index (χ4v) is 2.00. The molecule has 0 fully saturated rings. The van der Waals surface area contributed by atoms with Crippen molar-refractivity contribution >= 4 is 35.6 Å². The summed E-state index contributed by atoms with van der Waals surface area (Å²) in [6, 6.07) is 1.78. The number of hydrogen-bond acceptors (Lipinski definition) is 4. The average molecular weight is 306 g/mol. The van der Waals surface area contributed by atoms with Gasteiger partial charge in [0.1, 0.15) is 0 Å². The van der Waals surface area contributed by atoms with Crippen LogP contribution in [0.4, 0.5) is 0 Å². The van der Waals surface area contributed by atoms with Gasteiger partial charge in [0.05, 0.1) is 0 Å². The fourth-order valence-electron chi connectivity index (χ4n) is 1.36. The van der Waals surface area contributed by atoms with E-state index < -0.39 is 0 Å². The molecular formula is C12H20ClN3O2S. The maximum Gasteiger partial charge on any atom is 0.252 e. The maximum absolute atomic E-state index is 11.5. The van der Waals surface area contributed by atoms with Crippen LogP contribution in [0.1, 0.15) is 23.2 Å². The molecular weight excluding hydrogens is 286 g/mol. The van der Waals surface area contributed by atoms with Gasteiger partial charge in [-0.15, -0.1) is 12.4 Å². The van der Waals surface area contributed by atoms with E-state index in [1.807, 2.05) is 12.4 Å². The van der Waals surface area contributed by atoms with Gasteiger partial charge < -0.3 is 16.0 Å². The van der Waals surface area contributed by atoms with Crippen LogP contribution in [0.25, 0.3) is 0 Å². The first-order chi connectivity index (χ1) is 8.74. The second kappa shape index (κ2) is 10.8. The zero-order valence-electron chi connectivity index (χ0n) is 10.9. The Kier molecular flexibility index (Phi) is 10.1. The van der Waals surface area contributed by atoms with E-state index in [4.69, 9.17) is 0 Å². The average Bonchev–Trinajstić information content (AvgIpc) is 2.88. The number of amides is 2. The molecule has 0 unspecified atom stereocenters. The van der Waals surface area contributed by atoms with Gasteiger partial charge in [-0.2, -0.15) is 11.3 Å². The van der Waals surface area contributed by atoms with Crippen LogP contribution in [-0.2, 0) is 4.79 Å². The molecule has 0 spiro atoms. The van der Waals surface area contributed by atoms with Gasteiger partial charge in [0.25, 0.3) is 5.91 Å². The molecule has 0 aliphatic heterocycles. The lowest BCUT2D eigenvalue weighted by Crippen LogP contribution is -2.31. The van der Waals surface area contributed by atoms with Gasteiger partial charge in [-0.1, -0.05) is 0 Å². The minimum atomic E-state index is -0.0770. The highest BCUT2D eigenvalue weighted by Gasteiger charge is 2.05. The lowest BCUT2D eigenvalue weighted by molar-refractivity contribution is -0.121. The van der Waals surface area contributed by atoms with Gasteiger partial charge in [0.2, 0.25) is 5.91 Å². The topological polar surface area (TPSA) is 70.2 Å². The maximum atomic E-state index is 11.5. The van der Waals surface area contributed by atoms with Crippen LogP contribution < -0.4 is 16.0 Å². The first-order valence-electron chi connectivity index (χ1n) is 5.95. The molecule has 0 saturated carbocycles. The van der Waals surface area contributed by atoms with Crippen molar-refractivity contribution in [1.29, 1.82) is 0 Å². The Morgan fingerprint density at radius 3 is 2.63 bits per heavy atom. The minimum Gasteiger partial charge on any atom is -0.355 e. The van der Waals surface area contributed by atoms with Crippen LogP contribution in [0.2, 0.25) is 0 Å². The van der Waals surface area contributed by atoms with Gasteiger partial charge in [-0.25, -0.2) is 0 Å². The zero-order chi connectivity index (χ0) is 13.2. The summed E-state index contributed by atoms with van der Waals surface area (Å²) in [6.45, 7) is 1.92. The van der Waals surface area contributed by atoms with Gasteiger partial charge in [0, 0.05) is 37.0 Å². The van der Waals surface area contributed by atoms with Crippen LogP contribution in [0.15, 0.2) is 16.8 Å². The lowest BCUT2D eigenvalue weighted by atomic mass is 10.2. The Morgan fingerprint density at radius 1 is 1.21 bits per heavy atom. The molecule has 1 aromatic rings. The molecule has 0 radical (unpaired) electrons. The van der Waals surface area contributed by atoms with Crippen LogP contribution in [0, 0.1) is 0 Å². The van der Waals surface area contributed by atoms with E-state index in [2.05, 4.69) is 16.0 Å². The van der Waals surface area contributed by atoms with Crippen LogP contribution >= 0.6 is 23.7 Å². The Hall–Kier alpha value is -1.11. The van der Waals surface area contributed by atoms with Gasteiger partial charge in [0.15, 0.2) is 0 Å². The third-order valence-corrected chi connectivity index (χ3v) is 3.03. The van der Waals surface area contributed by atoms with E-state index in [9.17, 15) is 9.59 Å². The number of nitrogens with one attached hydrogen (secondary N) is 3. The standard InChI is InChI=1S/C12H19N3O2S.ClH/c1-13-6-7-14-11(16)3-2-5-15-12(17)10-4-8-18-9-10;/h4,8-9,13H,2-3,5-7H2,1H3,(H,14,16)(H,15,17);1H. The number of likely N-dealkylation sites (N-methyl/N-ethyl adjacent to an activating group) is 1. The van der Waals surface area contributed by atoms with Crippen molar-refractivity contribution in [3.8, 4) is 0 Å². The highest BCUT2D eigenvalue weighted by Crippen LogP contribution is 2.05. The number of hydrogen-bond donors (Lipinski definition) is 3. The number of carbonyl (C=O) groups is 2. The van der Waals surface area contributed by atoms with Crippen molar-refractivity contribution in [2.45, 2.75) is 12.8 Å². The minimum absolute atomic E-state index is 0. The molecule has 7 heteroatoms. The predicted octanol–water partition coefficient (Wildman–Crippen LogP) is 1.02. The van der Waals surface area contributed by atoms with Crippen LogP contribution in [0.5, 0.6) is 0 Å². The summed E-state index contributed by atoms with van der Waals surface area (Å²) in [6.07, 6.45) is 1.09. The van der Waals surface area contributed by atoms with Crippen LogP contribution in [0.3, 0.4) is 0 Å². The van der Waals surface area contributed by atoms with Gasteiger partial charge >= 0.3 is 0 Å². The first kappa shape index (κ1) is 17.9. The molecule has 3 N–H and O–H groups in total. The molecule has 0 bridgehead atoms. The van der Waals surface area contributed by atoms with E-state index in [-0.39, 0.29) is 24.2 Å². The van der Waals surface area contributed by atoms with E-state index in [0.29, 0.717) is 31.5 Å². The summed E-state index contributed by atoms with van der Waals surface area (Å²) in [4.78, 5) is 22.9. The summed E-state index contributed by atoms with van der Waals surface area (Å²) < 4.78 is 0. The number of carbonyl (C=O) groups excluding carboxylic acids is 2. The molecule has 5 nitrogen and oxygen atoms in total. The number of halogens is 1. The predicted molar refractivity (Wildman–Crippen MR) is 80.1 cm³/mol. The number of thiophene rings is 1. The summed E-state index contributed by atoms with van der Waals surface area (Å²) in [5, 5.41) is 12.2. The van der Waals surface area contributed by atoms with Crippen molar-refractivity contribution in [1.82, 2.24) is 16.0 Å². The van der Waals surface area contributed by atoms with Gasteiger partial charge in [-0.05, 0) is 24.9 Å². The number of rotatable bonds is 8. The van der Waals surface area contributed by atoms with E-state index in [1.165, 1.54) is 11.3 Å². The van der Waals surface area contributed by atoms with Crippen molar-refractivity contribution in [3.63, 3.8) is 0 Å². The molecule has 0 atom stereocenters. The van der Waals surface area contributed by atoms with Gasteiger partial charge in [-0.3, -0.25) is 9.59 Å². The van der Waals surface area contributed by atoms with Crippen LogP contribution in [-0.4, -0.2) is 38.5 Å². The Morgan fingerprint density at radius 2 is 2.00 bits per heavy atom. The van der Waals surface area contributed by atoms with Crippen molar-refractivity contribution in [2.24, 2.45) is 0 Å². The SMILES string of the molecule is CNCCNC(=O)CCCNC(=O)c1ccsc1.Cl. The quantitative estimate of drug-likeness (QED) is 0.628. The Bertz CT molecular complexity index is 371. The third-order valence-electron chi connectivity index (χ3n) is 2.35. The zero-order valence-corrected chi connectivity index (χ0v) is 12.5. The van der Waals surface area contributed by atoms with Crippen molar-refractivity contribution in [2.75, 3.05) is 26.7 Å². The molecule has 108 valence electrons. The normalized spacial score (nSPS) is 9.53. The highest BCUT2D eigenvalue weighted by atomic mass is 35.5. The molecule has 1 rings (SSSR count). The third kappa shape index (κ3) is 7.81. The fraction of sp³-hybridized carbons (Fsp3) is 0.500. The van der Waals surface area contributed by atoms with E-state index in [1.54, 1.807) is 11.4 Å². The summed E-state index contributed by atoms with van der Waals surface area (Å²) >= 11 is 1.49. The lowest BCUT2D eigenvalue weighted by Gasteiger charge is -2.05. The van der Waals surface area contributed by atoms with E-state index >= 15 is 0 Å². The molecule has 1 aromatic heterocycles. The smallest absolute Gasteiger partial charge is 0.252 e. The summed E-state index contributed by atoms with van der Waals surface area (Å²) in [5.74, 6) is -0.0538. The highest BCUT2D eigenvalue weighted by molar-refractivity contribution is 7.08. The second-order valence-corrected chi connectivity index (χ2v) is 4.61. The second-order valence-electron chi connectivity index (χ2n) is 3.82. The molecule has 0 aliphatic carbocycles. The molecule has 0 saturated heterocycles. The van der Waals surface area contributed by atoms with Crippen molar-refractivity contribution in [3.05, 3.63) is 22.4 Å². The molecule has 1 heterocycles. The molecule has 19 heavy (non-hydrogen) atoms. The first-order valence-corrected chi connectivity index (χ1v) is 6.90. The van der Waals surface area contributed by atoms with Crippen molar-refractivity contribution < 1.29 is 9.59 Å². The monoisotopic (exact) mass is 305 g/mol. The molecule has 2 amide bonds.